The van der Waals surface area contributed by atoms with Crippen LogP contribution in [-0.2, 0) is 30.8 Å². The van der Waals surface area contributed by atoms with Gasteiger partial charge in [-0.1, -0.05) is 48.6 Å². The molecule has 2 aromatic rings. The predicted molar refractivity (Wildman–Crippen MR) is 121 cm³/mol. The first-order valence-electron chi connectivity index (χ1n) is 9.69. The largest absolute Gasteiger partial charge is 0.460 e. The highest BCUT2D eigenvalue weighted by Gasteiger charge is 2.27. The smallest absolute Gasteiger partial charge is 0.324 e. The highest BCUT2D eigenvalue weighted by atomic mass is 32.2. The van der Waals surface area contributed by atoms with Crippen LogP contribution in [0.4, 0.5) is 0 Å². The van der Waals surface area contributed by atoms with Gasteiger partial charge in [-0.25, -0.2) is 8.42 Å². The molecule has 0 aliphatic rings. The molecule has 0 heterocycles. The van der Waals surface area contributed by atoms with Gasteiger partial charge >= 0.3 is 5.97 Å². The summed E-state index contributed by atoms with van der Waals surface area (Å²) in [6.07, 6.45) is 1.36. The summed E-state index contributed by atoms with van der Waals surface area (Å²) in [5.41, 5.74) is 13.0. The number of aryl methyl sites for hydroxylation is 1. The molecule has 0 fully saturated rings. The van der Waals surface area contributed by atoms with E-state index in [0.717, 1.165) is 5.56 Å². The highest BCUT2D eigenvalue weighted by Crippen LogP contribution is 2.14. The van der Waals surface area contributed by atoms with Gasteiger partial charge in [-0.05, 0) is 37.1 Å². The van der Waals surface area contributed by atoms with Crippen molar-refractivity contribution in [3.8, 4) is 0 Å². The summed E-state index contributed by atoms with van der Waals surface area (Å²) < 4.78 is 33.1. The number of amides is 1. The first kappa shape index (κ1) is 24.9. The van der Waals surface area contributed by atoms with Gasteiger partial charge in [0.15, 0.2) is 0 Å². The van der Waals surface area contributed by atoms with Gasteiger partial charge in [0, 0.05) is 5.56 Å². The number of sulfonamides is 1. The Bertz CT molecular complexity index is 1110. The molecule has 0 saturated carbocycles. The molecule has 0 saturated heterocycles. The molecule has 0 aliphatic carbocycles. The van der Waals surface area contributed by atoms with Crippen LogP contribution >= 0.6 is 0 Å². The van der Waals surface area contributed by atoms with Crippen LogP contribution in [0.3, 0.4) is 0 Å². The number of carbonyl (C=O) groups is 2. The molecule has 0 unspecified atom stereocenters. The molecule has 0 spiro atoms. The van der Waals surface area contributed by atoms with Gasteiger partial charge < -0.3 is 16.2 Å². The number of amidine groups is 1. The number of ether oxygens (including phenoxy) is 1. The molecule has 0 bridgehead atoms. The average Bonchev–Trinajstić information content (AvgIpc) is 2.77. The SMILES string of the molecule is C=CCOC(=O)[C@H](Cc1cccc(C(N)=NC(=O)CN)c1)NS(=O)(=O)c1ccc(C)cc1. The first-order chi connectivity index (χ1) is 15.2. The van der Waals surface area contributed by atoms with Crippen LogP contribution in [0.15, 0.2) is 71.1 Å². The van der Waals surface area contributed by atoms with E-state index >= 15 is 0 Å². The lowest BCUT2D eigenvalue weighted by atomic mass is 10.0. The lowest BCUT2D eigenvalue weighted by Crippen LogP contribution is -2.43. The lowest BCUT2D eigenvalue weighted by molar-refractivity contribution is -0.144. The zero-order valence-corrected chi connectivity index (χ0v) is 18.5. The Hall–Kier alpha value is -3.34. The Kier molecular flexibility index (Phi) is 8.82. The number of aliphatic imine (C=N–C) groups is 1. The number of nitrogens with zero attached hydrogens (tertiary/aromatic N) is 1. The molecular weight excluding hydrogens is 432 g/mol. The molecule has 32 heavy (non-hydrogen) atoms. The molecule has 1 atom stereocenters. The predicted octanol–water partition coefficient (Wildman–Crippen LogP) is 0.804. The van der Waals surface area contributed by atoms with E-state index in [2.05, 4.69) is 16.3 Å². The van der Waals surface area contributed by atoms with Crippen molar-refractivity contribution in [1.29, 1.82) is 0 Å². The van der Waals surface area contributed by atoms with Crippen LogP contribution in [0, 0.1) is 6.92 Å². The van der Waals surface area contributed by atoms with Gasteiger partial charge in [-0.3, -0.25) is 9.59 Å². The van der Waals surface area contributed by atoms with E-state index in [-0.39, 0.29) is 30.3 Å². The van der Waals surface area contributed by atoms with Crippen LogP contribution in [-0.4, -0.2) is 45.3 Å². The second-order valence-corrected chi connectivity index (χ2v) is 8.62. The number of carbonyl (C=O) groups excluding carboxylic acids is 2. The van der Waals surface area contributed by atoms with Gasteiger partial charge in [-0.15, -0.1) is 0 Å². The van der Waals surface area contributed by atoms with E-state index in [0.29, 0.717) is 11.1 Å². The molecule has 0 aromatic heterocycles. The van der Waals surface area contributed by atoms with E-state index in [1.165, 1.54) is 18.2 Å². The fraction of sp³-hybridized carbons (Fsp3) is 0.227. The summed E-state index contributed by atoms with van der Waals surface area (Å²) in [6, 6.07) is 11.6. The van der Waals surface area contributed by atoms with Crippen molar-refractivity contribution in [2.75, 3.05) is 13.2 Å². The van der Waals surface area contributed by atoms with E-state index in [9.17, 15) is 18.0 Å². The number of hydrogen-bond acceptors (Lipinski definition) is 6. The van der Waals surface area contributed by atoms with Crippen molar-refractivity contribution < 1.29 is 22.7 Å². The number of hydrogen-bond donors (Lipinski definition) is 3. The van der Waals surface area contributed by atoms with Gasteiger partial charge in [0.2, 0.25) is 10.0 Å². The van der Waals surface area contributed by atoms with Crippen molar-refractivity contribution >= 4 is 27.7 Å². The van der Waals surface area contributed by atoms with Crippen molar-refractivity contribution in [3.63, 3.8) is 0 Å². The zero-order chi connectivity index (χ0) is 23.7. The number of nitrogens with one attached hydrogen (secondary N) is 1. The monoisotopic (exact) mass is 458 g/mol. The minimum atomic E-state index is -4.00. The van der Waals surface area contributed by atoms with Crippen LogP contribution in [0.2, 0.25) is 0 Å². The topological polar surface area (TPSA) is 154 Å². The minimum Gasteiger partial charge on any atom is -0.460 e. The fourth-order valence-electron chi connectivity index (χ4n) is 2.73. The average molecular weight is 459 g/mol. The molecule has 1 amide bonds. The molecule has 170 valence electrons. The summed E-state index contributed by atoms with van der Waals surface area (Å²) in [4.78, 5) is 27.7. The molecule has 2 rings (SSSR count). The van der Waals surface area contributed by atoms with Crippen LogP contribution in [0.5, 0.6) is 0 Å². The summed E-state index contributed by atoms with van der Waals surface area (Å²) in [6.45, 7) is 4.98. The Balaban J connectivity index is 2.32. The number of benzene rings is 2. The third kappa shape index (κ3) is 7.12. The molecule has 10 heteroatoms. The van der Waals surface area contributed by atoms with E-state index in [1.807, 2.05) is 6.92 Å². The van der Waals surface area contributed by atoms with Gasteiger partial charge in [-0.2, -0.15) is 9.71 Å². The first-order valence-corrected chi connectivity index (χ1v) is 11.2. The maximum atomic E-state index is 12.8. The Morgan fingerprint density at radius 2 is 1.91 bits per heavy atom. The summed E-state index contributed by atoms with van der Waals surface area (Å²) in [5.74, 6) is -1.37. The number of rotatable bonds is 10. The van der Waals surface area contributed by atoms with Crippen LogP contribution in [0.25, 0.3) is 0 Å². The highest BCUT2D eigenvalue weighted by molar-refractivity contribution is 7.89. The second kappa shape index (κ2) is 11.3. The standard InChI is InChI=1S/C22H26N4O5S/c1-3-11-31-22(28)19(26-32(29,30)18-9-7-15(2)8-10-18)13-16-5-4-6-17(12-16)21(24)25-20(27)14-23/h3-10,12,19,26H,1,11,13-14,23H2,2H3,(H2,24,25,27)/t19-/m0/s1. The van der Waals surface area contributed by atoms with Crippen LogP contribution in [0.1, 0.15) is 16.7 Å². The van der Waals surface area contributed by atoms with Crippen molar-refractivity contribution in [1.82, 2.24) is 4.72 Å². The van der Waals surface area contributed by atoms with Crippen LogP contribution < -0.4 is 16.2 Å². The molecule has 9 nitrogen and oxygen atoms in total. The normalized spacial score (nSPS) is 12.8. The molecule has 5 N–H and O–H groups in total. The Morgan fingerprint density at radius 3 is 2.53 bits per heavy atom. The Labute approximate surface area is 187 Å². The second-order valence-electron chi connectivity index (χ2n) is 6.91. The number of esters is 1. The van der Waals surface area contributed by atoms with Crippen molar-refractivity contribution in [3.05, 3.63) is 77.9 Å². The fourth-order valence-corrected chi connectivity index (χ4v) is 3.91. The zero-order valence-electron chi connectivity index (χ0n) is 17.7. The van der Waals surface area contributed by atoms with E-state index in [1.54, 1.807) is 36.4 Å². The molecular formula is C22H26N4O5S. The summed E-state index contributed by atoms with van der Waals surface area (Å²) >= 11 is 0. The third-order valence-electron chi connectivity index (χ3n) is 4.34. The molecule has 0 radical (unpaired) electrons. The van der Waals surface area contributed by atoms with Gasteiger partial charge in [0.25, 0.3) is 5.91 Å². The Morgan fingerprint density at radius 1 is 1.22 bits per heavy atom. The summed E-state index contributed by atoms with van der Waals surface area (Å²) in [7, 11) is -4.00. The van der Waals surface area contributed by atoms with E-state index < -0.39 is 27.9 Å². The lowest BCUT2D eigenvalue weighted by Gasteiger charge is -2.18. The maximum absolute atomic E-state index is 12.8. The van der Waals surface area contributed by atoms with E-state index in [4.69, 9.17) is 16.2 Å². The molecule has 2 aromatic carbocycles. The summed E-state index contributed by atoms with van der Waals surface area (Å²) in [5, 5.41) is 0. The maximum Gasteiger partial charge on any atom is 0.324 e. The minimum absolute atomic E-state index is 0.0208. The third-order valence-corrected chi connectivity index (χ3v) is 5.83. The van der Waals surface area contributed by atoms with Gasteiger partial charge in [0.1, 0.15) is 18.5 Å². The van der Waals surface area contributed by atoms with Crippen molar-refractivity contribution in [2.45, 2.75) is 24.3 Å². The number of nitrogens with two attached hydrogens (primary N) is 2. The van der Waals surface area contributed by atoms with Gasteiger partial charge in [0.05, 0.1) is 11.4 Å². The molecule has 0 aliphatic heterocycles. The quantitative estimate of drug-likeness (QED) is 0.206. The van der Waals surface area contributed by atoms with Crippen molar-refractivity contribution in [2.24, 2.45) is 16.5 Å².